The molecule has 1 atom stereocenters. The van der Waals surface area contributed by atoms with Crippen molar-refractivity contribution in [3.8, 4) is 0 Å². The van der Waals surface area contributed by atoms with Crippen LogP contribution in [0.4, 0.5) is 4.39 Å². The Morgan fingerprint density at radius 2 is 1.94 bits per heavy atom. The lowest BCUT2D eigenvalue weighted by molar-refractivity contribution is -0.142. The standard InChI is InChI=1S/C11H14FNO4S/c1-8(11(14)17-2)13-18(15,16)7-9-3-5-10(12)6-4-9/h3-6,8,13H,7H2,1-2H3/t8-/m0/s1. The SMILES string of the molecule is COC(=O)[C@H](C)NS(=O)(=O)Cc1ccc(F)cc1. The summed E-state index contributed by atoms with van der Waals surface area (Å²) in [5, 5.41) is 0. The average Bonchev–Trinajstić information content (AvgIpc) is 2.30. The summed E-state index contributed by atoms with van der Waals surface area (Å²) in [7, 11) is -2.50. The third-order valence-corrected chi connectivity index (χ3v) is 3.61. The van der Waals surface area contributed by atoms with Crippen molar-refractivity contribution in [3.05, 3.63) is 35.6 Å². The Labute approximate surface area is 105 Å². The molecule has 0 aliphatic heterocycles. The number of nitrogens with one attached hydrogen (secondary N) is 1. The Morgan fingerprint density at radius 3 is 2.44 bits per heavy atom. The minimum atomic E-state index is -3.68. The number of methoxy groups -OCH3 is 1. The van der Waals surface area contributed by atoms with Crippen LogP contribution < -0.4 is 4.72 Å². The van der Waals surface area contributed by atoms with Gasteiger partial charge in [0.1, 0.15) is 11.9 Å². The molecule has 0 heterocycles. The molecule has 0 aliphatic carbocycles. The number of esters is 1. The number of rotatable bonds is 5. The van der Waals surface area contributed by atoms with Crippen molar-refractivity contribution in [2.45, 2.75) is 18.7 Å². The number of carbonyl (C=O) groups is 1. The first-order chi connectivity index (χ1) is 8.34. The second kappa shape index (κ2) is 5.92. The second-order valence-corrected chi connectivity index (χ2v) is 5.50. The fraction of sp³-hybridized carbons (Fsp3) is 0.364. The van der Waals surface area contributed by atoms with Crippen molar-refractivity contribution >= 4 is 16.0 Å². The summed E-state index contributed by atoms with van der Waals surface area (Å²) in [5.41, 5.74) is 0.431. The van der Waals surface area contributed by atoms with Crippen LogP contribution in [0.3, 0.4) is 0 Å². The van der Waals surface area contributed by atoms with Crippen LogP contribution in [-0.2, 0) is 25.3 Å². The van der Waals surface area contributed by atoms with Crippen LogP contribution in [0.25, 0.3) is 0 Å². The molecule has 1 aromatic rings. The van der Waals surface area contributed by atoms with Gasteiger partial charge in [0.05, 0.1) is 12.9 Å². The van der Waals surface area contributed by atoms with Gasteiger partial charge < -0.3 is 4.74 Å². The highest BCUT2D eigenvalue weighted by molar-refractivity contribution is 7.88. The maximum Gasteiger partial charge on any atom is 0.323 e. The van der Waals surface area contributed by atoms with Crippen LogP contribution in [0.5, 0.6) is 0 Å². The van der Waals surface area contributed by atoms with E-state index in [1.807, 2.05) is 0 Å². The molecular weight excluding hydrogens is 261 g/mol. The third kappa shape index (κ3) is 4.42. The number of halogens is 1. The molecule has 0 unspecified atom stereocenters. The largest absolute Gasteiger partial charge is 0.468 e. The predicted octanol–water partition coefficient (Wildman–Crippen LogP) is 0.807. The molecule has 0 spiro atoms. The Hall–Kier alpha value is -1.47. The molecule has 0 aromatic heterocycles. The number of hydrogen-bond donors (Lipinski definition) is 1. The van der Waals surface area contributed by atoms with Crippen molar-refractivity contribution in [1.82, 2.24) is 4.72 Å². The summed E-state index contributed by atoms with van der Waals surface area (Å²) in [4.78, 5) is 11.1. The van der Waals surface area contributed by atoms with E-state index in [2.05, 4.69) is 9.46 Å². The monoisotopic (exact) mass is 275 g/mol. The van der Waals surface area contributed by atoms with Gasteiger partial charge in [-0.25, -0.2) is 17.5 Å². The van der Waals surface area contributed by atoms with Crippen molar-refractivity contribution in [2.75, 3.05) is 7.11 Å². The summed E-state index contributed by atoms with van der Waals surface area (Å²) in [5.74, 6) is -1.43. The Morgan fingerprint density at radius 1 is 1.39 bits per heavy atom. The summed E-state index contributed by atoms with van der Waals surface area (Å²) in [6, 6.07) is 4.14. The molecule has 1 aromatic carbocycles. The zero-order valence-corrected chi connectivity index (χ0v) is 10.8. The lowest BCUT2D eigenvalue weighted by atomic mass is 10.2. The average molecular weight is 275 g/mol. The number of benzene rings is 1. The molecular formula is C11H14FNO4S. The molecule has 0 radical (unpaired) electrons. The van der Waals surface area contributed by atoms with E-state index in [9.17, 15) is 17.6 Å². The normalized spacial score (nSPS) is 13.1. The second-order valence-electron chi connectivity index (χ2n) is 3.75. The number of sulfonamides is 1. The minimum absolute atomic E-state index is 0.325. The van der Waals surface area contributed by atoms with Gasteiger partial charge in [0, 0.05) is 0 Å². The molecule has 1 rings (SSSR count). The van der Waals surface area contributed by atoms with Gasteiger partial charge >= 0.3 is 5.97 Å². The van der Waals surface area contributed by atoms with Crippen LogP contribution in [0, 0.1) is 5.82 Å². The molecule has 0 fully saturated rings. The van der Waals surface area contributed by atoms with Crippen LogP contribution >= 0.6 is 0 Å². The van der Waals surface area contributed by atoms with Crippen molar-refractivity contribution < 1.29 is 22.3 Å². The van der Waals surface area contributed by atoms with Crippen molar-refractivity contribution in [2.24, 2.45) is 0 Å². The Kier molecular flexibility index (Phi) is 4.80. The molecule has 0 saturated heterocycles. The maximum absolute atomic E-state index is 12.7. The molecule has 0 amide bonds. The summed E-state index contributed by atoms with van der Waals surface area (Å²) in [6.45, 7) is 1.38. The van der Waals surface area contributed by atoms with Gasteiger partial charge in [-0.05, 0) is 24.6 Å². The van der Waals surface area contributed by atoms with Gasteiger partial charge in [0.2, 0.25) is 10.0 Å². The summed E-state index contributed by atoms with van der Waals surface area (Å²) >= 11 is 0. The lowest BCUT2D eigenvalue weighted by Gasteiger charge is -2.12. The lowest BCUT2D eigenvalue weighted by Crippen LogP contribution is -2.39. The van der Waals surface area contributed by atoms with Gasteiger partial charge in [-0.1, -0.05) is 12.1 Å². The van der Waals surface area contributed by atoms with E-state index in [1.165, 1.54) is 38.3 Å². The molecule has 0 aliphatic rings. The van der Waals surface area contributed by atoms with E-state index in [4.69, 9.17) is 0 Å². The fourth-order valence-electron chi connectivity index (χ4n) is 1.34. The van der Waals surface area contributed by atoms with Gasteiger partial charge in [-0.3, -0.25) is 4.79 Å². The molecule has 100 valence electrons. The van der Waals surface area contributed by atoms with Gasteiger partial charge in [-0.2, -0.15) is 0 Å². The predicted molar refractivity (Wildman–Crippen MR) is 63.6 cm³/mol. The highest BCUT2D eigenvalue weighted by atomic mass is 32.2. The van der Waals surface area contributed by atoms with E-state index in [0.717, 1.165) is 0 Å². The molecule has 0 bridgehead atoms. The Balaban J connectivity index is 2.70. The topological polar surface area (TPSA) is 72.5 Å². The zero-order valence-electron chi connectivity index (χ0n) is 10.0. The molecule has 5 nitrogen and oxygen atoms in total. The summed E-state index contributed by atoms with van der Waals surface area (Å²) < 4.78 is 42.6. The van der Waals surface area contributed by atoms with E-state index in [1.54, 1.807) is 0 Å². The molecule has 1 N–H and O–H groups in total. The highest BCUT2D eigenvalue weighted by Crippen LogP contribution is 2.07. The van der Waals surface area contributed by atoms with Crippen molar-refractivity contribution in [1.29, 1.82) is 0 Å². The van der Waals surface area contributed by atoms with Crippen molar-refractivity contribution in [3.63, 3.8) is 0 Å². The van der Waals surface area contributed by atoms with Gasteiger partial charge in [0.25, 0.3) is 0 Å². The minimum Gasteiger partial charge on any atom is -0.468 e. The number of carbonyl (C=O) groups excluding carboxylic acids is 1. The quantitative estimate of drug-likeness (QED) is 0.807. The van der Waals surface area contributed by atoms with Gasteiger partial charge in [-0.15, -0.1) is 0 Å². The van der Waals surface area contributed by atoms with Gasteiger partial charge in [0.15, 0.2) is 0 Å². The van der Waals surface area contributed by atoms with Crippen LogP contribution in [0.1, 0.15) is 12.5 Å². The zero-order chi connectivity index (χ0) is 13.8. The van der Waals surface area contributed by atoms with Crippen LogP contribution in [-0.4, -0.2) is 27.5 Å². The first-order valence-electron chi connectivity index (χ1n) is 5.16. The van der Waals surface area contributed by atoms with E-state index in [-0.39, 0.29) is 5.75 Å². The maximum atomic E-state index is 12.7. The molecule has 18 heavy (non-hydrogen) atoms. The first kappa shape index (κ1) is 14.6. The fourth-order valence-corrected chi connectivity index (χ4v) is 2.69. The summed E-state index contributed by atoms with van der Waals surface area (Å²) in [6.07, 6.45) is 0. The van der Waals surface area contributed by atoms with E-state index in [0.29, 0.717) is 5.56 Å². The number of hydrogen-bond acceptors (Lipinski definition) is 4. The van der Waals surface area contributed by atoms with Crippen LogP contribution in [0.15, 0.2) is 24.3 Å². The van der Waals surface area contributed by atoms with E-state index < -0.39 is 27.9 Å². The highest BCUT2D eigenvalue weighted by Gasteiger charge is 2.20. The third-order valence-electron chi connectivity index (χ3n) is 2.18. The number of ether oxygens (including phenoxy) is 1. The molecule has 0 saturated carbocycles. The Bertz CT molecular complexity index is 512. The first-order valence-corrected chi connectivity index (χ1v) is 6.81. The molecule has 7 heteroatoms. The van der Waals surface area contributed by atoms with E-state index >= 15 is 0 Å². The van der Waals surface area contributed by atoms with Crippen LogP contribution in [0.2, 0.25) is 0 Å². The smallest absolute Gasteiger partial charge is 0.323 e.